The van der Waals surface area contributed by atoms with Gasteiger partial charge in [0.05, 0.1) is 0 Å². The molecule has 0 fully saturated rings. The molecule has 1 aliphatic rings. The predicted molar refractivity (Wildman–Crippen MR) is 81.3 cm³/mol. The van der Waals surface area contributed by atoms with Crippen molar-refractivity contribution in [3.63, 3.8) is 0 Å². The highest BCUT2D eigenvalue weighted by atomic mass is 35.5. The van der Waals surface area contributed by atoms with Gasteiger partial charge in [0.2, 0.25) is 5.91 Å². The van der Waals surface area contributed by atoms with Gasteiger partial charge in [0.15, 0.2) is 0 Å². The Morgan fingerprint density at radius 3 is 2.79 bits per heavy atom. The van der Waals surface area contributed by atoms with Crippen LogP contribution in [0.5, 0.6) is 0 Å². The number of halogens is 1. The molecule has 1 N–H and O–H groups in total. The van der Waals surface area contributed by atoms with E-state index >= 15 is 0 Å². The number of carbonyl (C=O) groups is 1. The van der Waals surface area contributed by atoms with Crippen molar-refractivity contribution in [2.45, 2.75) is 6.04 Å². The first kappa shape index (κ1) is 15.5. The summed E-state index contributed by atoms with van der Waals surface area (Å²) in [6.07, 6.45) is 7.93. The lowest BCUT2D eigenvalue weighted by molar-refractivity contribution is -0.130. The lowest BCUT2D eigenvalue weighted by Gasteiger charge is -2.18. The summed E-state index contributed by atoms with van der Waals surface area (Å²) in [6, 6.07) is 9.92. The van der Waals surface area contributed by atoms with E-state index < -0.39 is 0 Å². The van der Waals surface area contributed by atoms with Crippen molar-refractivity contribution in [1.29, 1.82) is 0 Å². The van der Waals surface area contributed by atoms with Gasteiger partial charge in [-0.05, 0) is 5.56 Å². The van der Waals surface area contributed by atoms with Crippen LogP contribution in [0.15, 0.2) is 48.6 Å². The molecule has 2 rings (SSSR count). The SMILES string of the molecule is CN(C/C=C/c1ccccc1)C(=O)C1C=CCN1.Cl. The number of rotatable bonds is 4. The summed E-state index contributed by atoms with van der Waals surface area (Å²) >= 11 is 0. The Kier molecular flexibility index (Phi) is 6.33. The molecule has 0 spiro atoms. The molecule has 19 heavy (non-hydrogen) atoms. The van der Waals surface area contributed by atoms with E-state index in [0.29, 0.717) is 6.54 Å². The Morgan fingerprint density at radius 2 is 2.16 bits per heavy atom. The second kappa shape index (κ2) is 7.77. The predicted octanol–water partition coefficient (Wildman–Crippen LogP) is 2.11. The quantitative estimate of drug-likeness (QED) is 0.856. The topological polar surface area (TPSA) is 32.3 Å². The molecule has 0 radical (unpaired) electrons. The summed E-state index contributed by atoms with van der Waals surface area (Å²) in [7, 11) is 1.82. The molecule has 0 aliphatic carbocycles. The lowest BCUT2D eigenvalue weighted by atomic mass is 10.2. The van der Waals surface area contributed by atoms with E-state index in [0.717, 1.165) is 12.1 Å². The Balaban J connectivity index is 0.00000180. The number of carbonyl (C=O) groups excluding carboxylic acids is 1. The Labute approximate surface area is 120 Å². The van der Waals surface area contributed by atoms with Crippen LogP contribution in [0.2, 0.25) is 0 Å². The first-order valence-corrected chi connectivity index (χ1v) is 6.14. The van der Waals surface area contributed by atoms with E-state index in [1.165, 1.54) is 0 Å². The summed E-state index contributed by atoms with van der Waals surface area (Å²) in [4.78, 5) is 13.7. The fourth-order valence-corrected chi connectivity index (χ4v) is 1.88. The summed E-state index contributed by atoms with van der Waals surface area (Å²) in [6.45, 7) is 1.41. The minimum absolute atomic E-state index is 0. The molecule has 1 atom stereocenters. The van der Waals surface area contributed by atoms with Crippen LogP contribution in [0.1, 0.15) is 5.56 Å². The molecule has 0 saturated heterocycles. The second-order valence-corrected chi connectivity index (χ2v) is 4.35. The van der Waals surface area contributed by atoms with Gasteiger partial charge in [0.1, 0.15) is 6.04 Å². The van der Waals surface area contributed by atoms with Gasteiger partial charge in [-0.15, -0.1) is 12.4 Å². The van der Waals surface area contributed by atoms with E-state index in [1.807, 2.05) is 61.7 Å². The molecule has 4 heteroatoms. The number of hydrogen-bond donors (Lipinski definition) is 1. The van der Waals surface area contributed by atoms with Crippen LogP contribution in [0.4, 0.5) is 0 Å². The molecular formula is C15H19ClN2O. The number of likely N-dealkylation sites (N-methyl/N-ethyl adjacent to an activating group) is 1. The molecule has 1 unspecified atom stereocenters. The van der Waals surface area contributed by atoms with E-state index in [4.69, 9.17) is 0 Å². The molecular weight excluding hydrogens is 260 g/mol. The third-order valence-corrected chi connectivity index (χ3v) is 2.92. The van der Waals surface area contributed by atoms with E-state index in [2.05, 4.69) is 5.32 Å². The maximum atomic E-state index is 12.0. The molecule has 0 aromatic heterocycles. The third kappa shape index (κ3) is 4.54. The number of nitrogens with zero attached hydrogens (tertiary/aromatic N) is 1. The van der Waals surface area contributed by atoms with Crippen molar-refractivity contribution < 1.29 is 4.79 Å². The van der Waals surface area contributed by atoms with Gasteiger partial charge >= 0.3 is 0 Å². The summed E-state index contributed by atoms with van der Waals surface area (Å²) < 4.78 is 0. The first-order chi connectivity index (χ1) is 8.77. The molecule has 3 nitrogen and oxygen atoms in total. The van der Waals surface area contributed by atoms with E-state index in [9.17, 15) is 4.79 Å². The van der Waals surface area contributed by atoms with Gasteiger partial charge in [0.25, 0.3) is 0 Å². The average molecular weight is 279 g/mol. The van der Waals surface area contributed by atoms with Gasteiger partial charge in [-0.25, -0.2) is 0 Å². The minimum atomic E-state index is -0.153. The maximum Gasteiger partial charge on any atom is 0.243 e. The zero-order valence-electron chi connectivity index (χ0n) is 11.0. The highest BCUT2D eigenvalue weighted by Crippen LogP contribution is 2.03. The molecule has 0 saturated carbocycles. The highest BCUT2D eigenvalue weighted by molar-refractivity contribution is 5.85. The lowest BCUT2D eigenvalue weighted by Crippen LogP contribution is -2.41. The zero-order chi connectivity index (χ0) is 12.8. The van der Waals surface area contributed by atoms with Gasteiger partial charge < -0.3 is 4.90 Å². The van der Waals surface area contributed by atoms with Crippen LogP contribution in [-0.4, -0.2) is 37.0 Å². The second-order valence-electron chi connectivity index (χ2n) is 4.35. The third-order valence-electron chi connectivity index (χ3n) is 2.92. The van der Waals surface area contributed by atoms with Crippen LogP contribution >= 0.6 is 12.4 Å². The van der Waals surface area contributed by atoms with Crippen molar-refractivity contribution in [3.8, 4) is 0 Å². The van der Waals surface area contributed by atoms with Gasteiger partial charge in [-0.1, -0.05) is 54.6 Å². The number of hydrogen-bond acceptors (Lipinski definition) is 2. The Bertz CT molecular complexity index is 456. The van der Waals surface area contributed by atoms with Crippen molar-refractivity contribution in [2.24, 2.45) is 0 Å². The van der Waals surface area contributed by atoms with Gasteiger partial charge in [0, 0.05) is 20.1 Å². The van der Waals surface area contributed by atoms with Crippen molar-refractivity contribution in [3.05, 3.63) is 54.1 Å². The molecule has 1 heterocycles. The smallest absolute Gasteiger partial charge is 0.243 e. The molecule has 1 aliphatic heterocycles. The fraction of sp³-hybridized carbons (Fsp3) is 0.267. The molecule has 102 valence electrons. The van der Waals surface area contributed by atoms with E-state index in [1.54, 1.807) is 4.90 Å². The Morgan fingerprint density at radius 1 is 1.42 bits per heavy atom. The summed E-state index contributed by atoms with van der Waals surface area (Å²) in [5.41, 5.74) is 1.15. The first-order valence-electron chi connectivity index (χ1n) is 6.14. The van der Waals surface area contributed by atoms with E-state index in [-0.39, 0.29) is 24.4 Å². The van der Waals surface area contributed by atoms with Crippen molar-refractivity contribution in [2.75, 3.05) is 20.1 Å². The average Bonchev–Trinajstić information content (AvgIpc) is 2.93. The molecule has 0 bridgehead atoms. The normalized spacial score (nSPS) is 17.4. The number of nitrogens with one attached hydrogen (secondary N) is 1. The van der Waals surface area contributed by atoms with Crippen LogP contribution in [-0.2, 0) is 4.79 Å². The number of amides is 1. The van der Waals surface area contributed by atoms with Crippen LogP contribution in [0.3, 0.4) is 0 Å². The fourth-order valence-electron chi connectivity index (χ4n) is 1.88. The molecule has 1 aromatic rings. The van der Waals surface area contributed by atoms with Crippen LogP contribution in [0.25, 0.3) is 6.08 Å². The standard InChI is InChI=1S/C15H18N2O.ClH/c1-17(15(18)14-10-5-11-16-14)12-6-9-13-7-3-2-4-8-13;/h2-10,14,16H,11-12H2,1H3;1H/b9-6+;. The molecule has 1 amide bonds. The van der Waals surface area contributed by atoms with Crippen LogP contribution < -0.4 is 5.32 Å². The van der Waals surface area contributed by atoms with Crippen LogP contribution in [0, 0.1) is 0 Å². The number of benzene rings is 1. The van der Waals surface area contributed by atoms with Gasteiger partial charge in [-0.3, -0.25) is 10.1 Å². The monoisotopic (exact) mass is 278 g/mol. The summed E-state index contributed by atoms with van der Waals surface area (Å²) in [5, 5.41) is 3.12. The minimum Gasteiger partial charge on any atom is -0.340 e. The van der Waals surface area contributed by atoms with Crippen molar-refractivity contribution in [1.82, 2.24) is 10.2 Å². The largest absolute Gasteiger partial charge is 0.340 e. The van der Waals surface area contributed by atoms with Gasteiger partial charge in [-0.2, -0.15) is 0 Å². The molecule has 1 aromatic carbocycles. The zero-order valence-corrected chi connectivity index (χ0v) is 11.8. The van der Waals surface area contributed by atoms with Crippen molar-refractivity contribution >= 4 is 24.4 Å². The Hall–Kier alpha value is -1.58. The highest BCUT2D eigenvalue weighted by Gasteiger charge is 2.20. The summed E-state index contributed by atoms with van der Waals surface area (Å²) in [5.74, 6) is 0.112. The maximum absolute atomic E-state index is 12.0.